The Morgan fingerprint density at radius 3 is 2.38 bits per heavy atom. The summed E-state index contributed by atoms with van der Waals surface area (Å²) in [5, 5.41) is 10.9. The van der Waals surface area contributed by atoms with Gasteiger partial charge in [0.15, 0.2) is 5.75 Å². The molecule has 0 unspecified atom stereocenters. The van der Waals surface area contributed by atoms with Crippen LogP contribution in [-0.2, 0) is 0 Å². The van der Waals surface area contributed by atoms with Crippen LogP contribution in [0, 0.1) is 0 Å². The molecule has 0 spiro atoms. The van der Waals surface area contributed by atoms with Crippen molar-refractivity contribution in [2.24, 2.45) is 0 Å². The quantitative estimate of drug-likeness (QED) is 0.513. The zero-order chi connectivity index (χ0) is 18.8. The molecule has 0 saturated carbocycles. The van der Waals surface area contributed by atoms with Crippen LogP contribution < -0.4 is 15.0 Å². The molecule has 5 nitrogen and oxygen atoms in total. The molecule has 1 aromatic heterocycles. The Morgan fingerprint density at radius 1 is 0.923 bits per heavy atom. The third kappa shape index (κ3) is 5.68. The molecule has 0 bridgehead atoms. The lowest BCUT2D eigenvalue weighted by atomic mass is 10.1. The molecule has 2 rings (SSSR count). The highest BCUT2D eigenvalue weighted by Crippen LogP contribution is 2.32. The largest absolute Gasteiger partial charge is 0.504 e. The zero-order valence-corrected chi connectivity index (χ0v) is 16.0. The number of aromatic nitrogens is 1. The van der Waals surface area contributed by atoms with Crippen molar-refractivity contribution in [2.75, 3.05) is 13.2 Å². The summed E-state index contributed by atoms with van der Waals surface area (Å²) in [6.45, 7) is 5.33. The van der Waals surface area contributed by atoms with Gasteiger partial charge in [0.1, 0.15) is 5.75 Å². The van der Waals surface area contributed by atoms with E-state index in [1.165, 1.54) is 32.1 Å². The van der Waals surface area contributed by atoms with E-state index in [9.17, 15) is 9.90 Å². The summed E-state index contributed by atoms with van der Waals surface area (Å²) in [5.41, 5.74) is 0.134. The van der Waals surface area contributed by atoms with E-state index in [0.29, 0.717) is 29.9 Å². The van der Waals surface area contributed by atoms with E-state index in [1.54, 1.807) is 12.1 Å². The molecular weight excluding hydrogens is 330 g/mol. The number of pyridine rings is 1. The zero-order valence-electron chi connectivity index (χ0n) is 16.0. The molecule has 0 amide bonds. The Balaban J connectivity index is 1.97. The standard InChI is InChI=1S/C21H31NO4/c1-3-5-7-8-9-10-14-25-16-11-12-17-18(15-16)22-21(24)20(19(17)23)26-13-6-4-2/h11-12,15H,3-10,13-14H2,1-2H3,(H2,22,23,24). The predicted molar refractivity (Wildman–Crippen MR) is 106 cm³/mol. The van der Waals surface area contributed by atoms with Crippen LogP contribution in [0.5, 0.6) is 17.2 Å². The molecule has 0 aliphatic carbocycles. The van der Waals surface area contributed by atoms with Crippen LogP contribution in [-0.4, -0.2) is 23.3 Å². The fourth-order valence-electron chi connectivity index (χ4n) is 2.86. The number of aromatic amines is 1. The van der Waals surface area contributed by atoms with E-state index in [2.05, 4.69) is 11.9 Å². The monoisotopic (exact) mass is 361 g/mol. The van der Waals surface area contributed by atoms with E-state index in [0.717, 1.165) is 19.3 Å². The third-order valence-electron chi connectivity index (χ3n) is 4.43. The first kappa shape index (κ1) is 20.1. The first-order valence-electron chi connectivity index (χ1n) is 9.82. The van der Waals surface area contributed by atoms with Gasteiger partial charge < -0.3 is 19.6 Å². The molecule has 0 radical (unpaired) electrons. The van der Waals surface area contributed by atoms with Crippen molar-refractivity contribution in [1.29, 1.82) is 0 Å². The van der Waals surface area contributed by atoms with Crippen molar-refractivity contribution in [2.45, 2.75) is 65.2 Å². The number of benzene rings is 1. The third-order valence-corrected chi connectivity index (χ3v) is 4.43. The molecule has 26 heavy (non-hydrogen) atoms. The normalized spacial score (nSPS) is 11.0. The van der Waals surface area contributed by atoms with Crippen LogP contribution in [0.1, 0.15) is 65.2 Å². The minimum Gasteiger partial charge on any atom is -0.504 e. The van der Waals surface area contributed by atoms with E-state index in [4.69, 9.17) is 9.47 Å². The van der Waals surface area contributed by atoms with Crippen LogP contribution >= 0.6 is 0 Å². The lowest BCUT2D eigenvalue weighted by Crippen LogP contribution is -2.12. The molecule has 2 aromatic rings. The highest BCUT2D eigenvalue weighted by Gasteiger charge is 2.13. The summed E-state index contributed by atoms with van der Waals surface area (Å²) in [6, 6.07) is 5.32. The van der Waals surface area contributed by atoms with Gasteiger partial charge in [-0.1, -0.05) is 52.4 Å². The summed E-state index contributed by atoms with van der Waals surface area (Å²) >= 11 is 0. The molecule has 1 heterocycles. The lowest BCUT2D eigenvalue weighted by molar-refractivity contribution is 0.290. The highest BCUT2D eigenvalue weighted by molar-refractivity contribution is 5.87. The van der Waals surface area contributed by atoms with Crippen LogP contribution in [0.2, 0.25) is 0 Å². The van der Waals surface area contributed by atoms with Crippen molar-refractivity contribution in [3.63, 3.8) is 0 Å². The van der Waals surface area contributed by atoms with Gasteiger partial charge in [-0.05, 0) is 25.0 Å². The van der Waals surface area contributed by atoms with Crippen molar-refractivity contribution in [1.82, 2.24) is 4.98 Å². The second-order valence-corrected chi connectivity index (χ2v) is 6.66. The van der Waals surface area contributed by atoms with Crippen molar-refractivity contribution in [3.05, 3.63) is 28.6 Å². The number of hydrogen-bond donors (Lipinski definition) is 2. The van der Waals surface area contributed by atoms with Crippen molar-refractivity contribution < 1.29 is 14.6 Å². The van der Waals surface area contributed by atoms with Gasteiger partial charge in [0.05, 0.1) is 18.7 Å². The molecule has 0 atom stereocenters. The fourth-order valence-corrected chi connectivity index (χ4v) is 2.86. The second-order valence-electron chi connectivity index (χ2n) is 6.66. The number of rotatable bonds is 12. The van der Waals surface area contributed by atoms with Crippen LogP contribution in [0.3, 0.4) is 0 Å². The Morgan fingerprint density at radius 2 is 1.62 bits per heavy atom. The van der Waals surface area contributed by atoms with Gasteiger partial charge in [0.25, 0.3) is 5.56 Å². The topological polar surface area (TPSA) is 71.5 Å². The van der Waals surface area contributed by atoms with Crippen molar-refractivity contribution >= 4 is 10.9 Å². The SMILES string of the molecule is CCCCCCCCOc1ccc2c(O)c(OCCCC)c(=O)[nH]c2c1. The number of H-pyrrole nitrogens is 1. The maximum atomic E-state index is 12.2. The summed E-state index contributed by atoms with van der Waals surface area (Å²) in [5.74, 6) is 0.579. The molecule has 2 N–H and O–H groups in total. The first-order chi connectivity index (χ1) is 12.7. The van der Waals surface area contributed by atoms with E-state index in [-0.39, 0.29) is 11.5 Å². The van der Waals surface area contributed by atoms with Crippen LogP contribution in [0.15, 0.2) is 23.0 Å². The average Bonchev–Trinajstić information content (AvgIpc) is 2.63. The van der Waals surface area contributed by atoms with Gasteiger partial charge in [0.2, 0.25) is 5.75 Å². The first-order valence-corrected chi connectivity index (χ1v) is 9.82. The van der Waals surface area contributed by atoms with Crippen molar-refractivity contribution in [3.8, 4) is 17.2 Å². The maximum Gasteiger partial charge on any atom is 0.294 e. The highest BCUT2D eigenvalue weighted by atomic mass is 16.5. The number of fused-ring (bicyclic) bond motifs is 1. The van der Waals surface area contributed by atoms with Gasteiger partial charge in [0, 0.05) is 11.5 Å². The number of nitrogens with one attached hydrogen (secondary N) is 1. The Labute approximate surface area is 155 Å². The van der Waals surface area contributed by atoms with Crippen LogP contribution in [0.25, 0.3) is 10.9 Å². The second kappa shape index (κ2) is 10.7. The molecule has 0 saturated heterocycles. The van der Waals surface area contributed by atoms with Crippen LogP contribution in [0.4, 0.5) is 0 Å². The molecule has 5 heteroatoms. The van der Waals surface area contributed by atoms with Gasteiger partial charge in [-0.25, -0.2) is 0 Å². The number of aromatic hydroxyl groups is 1. The lowest BCUT2D eigenvalue weighted by Gasteiger charge is -2.11. The molecule has 144 valence electrons. The minimum absolute atomic E-state index is 0.00769. The Hall–Kier alpha value is -2.17. The predicted octanol–water partition coefficient (Wildman–Crippen LogP) is 5.15. The smallest absolute Gasteiger partial charge is 0.294 e. The summed E-state index contributed by atoms with van der Waals surface area (Å²) in [4.78, 5) is 14.9. The van der Waals surface area contributed by atoms with E-state index < -0.39 is 5.56 Å². The molecular formula is C21H31NO4. The maximum absolute atomic E-state index is 12.2. The fraction of sp³-hybridized carbons (Fsp3) is 0.571. The molecule has 0 aliphatic heterocycles. The molecule has 0 fully saturated rings. The summed E-state index contributed by atoms with van der Waals surface area (Å²) in [6.07, 6.45) is 9.08. The molecule has 0 aliphatic rings. The van der Waals surface area contributed by atoms with Gasteiger partial charge in [-0.3, -0.25) is 4.79 Å². The Kier molecular flexibility index (Phi) is 8.32. The minimum atomic E-state index is -0.417. The van der Waals surface area contributed by atoms with Gasteiger partial charge >= 0.3 is 0 Å². The number of unbranched alkanes of at least 4 members (excludes halogenated alkanes) is 6. The van der Waals surface area contributed by atoms with E-state index >= 15 is 0 Å². The average molecular weight is 361 g/mol. The van der Waals surface area contributed by atoms with Gasteiger partial charge in [-0.15, -0.1) is 0 Å². The Bertz CT molecular complexity index is 739. The summed E-state index contributed by atoms with van der Waals surface area (Å²) < 4.78 is 11.2. The summed E-state index contributed by atoms with van der Waals surface area (Å²) in [7, 11) is 0. The number of ether oxygens (including phenoxy) is 2. The number of hydrogen-bond acceptors (Lipinski definition) is 4. The van der Waals surface area contributed by atoms with E-state index in [1.807, 2.05) is 13.0 Å². The molecule has 1 aromatic carbocycles. The van der Waals surface area contributed by atoms with Gasteiger partial charge in [-0.2, -0.15) is 0 Å².